The first kappa shape index (κ1) is 34.7. The van der Waals surface area contributed by atoms with Gasteiger partial charge in [0.2, 0.25) is 5.91 Å². The molecule has 3 aromatic carbocycles. The van der Waals surface area contributed by atoms with Crippen molar-refractivity contribution in [1.82, 2.24) is 4.90 Å². The van der Waals surface area contributed by atoms with E-state index in [1.54, 1.807) is 4.90 Å². The van der Waals surface area contributed by atoms with E-state index in [9.17, 15) is 52.7 Å². The summed E-state index contributed by atoms with van der Waals surface area (Å²) in [6, 6.07) is 8.21. The summed E-state index contributed by atoms with van der Waals surface area (Å²) in [5, 5.41) is 0. The molecular weight excluding hydrogens is 665 g/mol. The van der Waals surface area contributed by atoms with Gasteiger partial charge in [0.1, 0.15) is 22.2 Å². The van der Waals surface area contributed by atoms with Crippen LogP contribution in [0.2, 0.25) is 0 Å². The molecule has 0 spiro atoms. The van der Waals surface area contributed by atoms with Crippen LogP contribution in [0.3, 0.4) is 0 Å². The van der Waals surface area contributed by atoms with Crippen LogP contribution in [0.5, 0.6) is 0 Å². The van der Waals surface area contributed by atoms with E-state index in [1.165, 1.54) is 0 Å². The molecule has 254 valence electrons. The molecule has 0 radical (unpaired) electrons. The lowest BCUT2D eigenvalue weighted by atomic mass is 9.69. The molecule has 5 rings (SSSR count). The van der Waals surface area contributed by atoms with Gasteiger partial charge in [-0.2, -0.15) is 26.3 Å². The van der Waals surface area contributed by atoms with Gasteiger partial charge < -0.3 is 9.64 Å². The minimum Gasteiger partial charge on any atom is -0.349 e. The second kappa shape index (κ2) is 12.1. The standard InChI is InChI=1S/C32H28F9NO4S/c1-19-13-14-42(17-19)28(43)20-15-29(16-20,47(44,45)24-11-9-23(33)10-12-24)21-5-7-22(8-6-21)30(31(36,37)38,32(39,40)41)46-18-25-26(34)3-2-4-27(25)35/h2-12,19-20H,13-18H2,1H3. The third-order valence-electron chi connectivity index (χ3n) is 8.99. The number of ether oxygens (including phenoxy) is 1. The normalized spacial score (nSPS) is 22.3. The fourth-order valence-electron chi connectivity index (χ4n) is 6.35. The highest BCUT2D eigenvalue weighted by atomic mass is 32.2. The summed E-state index contributed by atoms with van der Waals surface area (Å²) in [6.45, 7) is 1.10. The smallest absolute Gasteiger partial charge is 0.349 e. The van der Waals surface area contributed by atoms with Crippen LogP contribution < -0.4 is 0 Å². The Hall–Kier alpha value is -3.59. The van der Waals surface area contributed by atoms with Crippen molar-refractivity contribution in [2.75, 3.05) is 13.1 Å². The predicted octanol–water partition coefficient (Wildman–Crippen LogP) is 7.59. The van der Waals surface area contributed by atoms with Gasteiger partial charge in [0.05, 0.1) is 11.5 Å². The Morgan fingerprint density at radius 2 is 1.43 bits per heavy atom. The summed E-state index contributed by atoms with van der Waals surface area (Å²) in [5.41, 5.74) is -7.96. The van der Waals surface area contributed by atoms with Gasteiger partial charge in [-0.1, -0.05) is 37.3 Å². The zero-order valence-electron chi connectivity index (χ0n) is 24.6. The maximum atomic E-state index is 14.4. The Morgan fingerprint density at radius 3 is 1.91 bits per heavy atom. The number of benzene rings is 3. The first-order valence-corrected chi connectivity index (χ1v) is 15.9. The van der Waals surface area contributed by atoms with Gasteiger partial charge in [-0.3, -0.25) is 4.79 Å². The average molecular weight is 694 g/mol. The molecule has 1 saturated carbocycles. The molecule has 1 aliphatic heterocycles. The van der Waals surface area contributed by atoms with Gasteiger partial charge >= 0.3 is 12.4 Å². The first-order valence-electron chi connectivity index (χ1n) is 14.4. The topological polar surface area (TPSA) is 63.7 Å². The van der Waals surface area contributed by atoms with E-state index in [-0.39, 0.29) is 35.1 Å². The molecule has 1 heterocycles. The van der Waals surface area contributed by atoms with Gasteiger partial charge in [0.15, 0.2) is 9.84 Å². The molecule has 15 heteroatoms. The molecule has 2 aliphatic rings. The predicted molar refractivity (Wildman–Crippen MR) is 150 cm³/mol. The fourth-order valence-corrected chi connectivity index (χ4v) is 8.58. The summed E-state index contributed by atoms with van der Waals surface area (Å²) in [6.07, 6.45) is -12.3. The Balaban J connectivity index is 1.56. The molecule has 1 unspecified atom stereocenters. The molecule has 0 N–H and O–H groups in total. The van der Waals surface area contributed by atoms with E-state index >= 15 is 0 Å². The summed E-state index contributed by atoms with van der Waals surface area (Å²) >= 11 is 0. The number of carbonyl (C=O) groups is 1. The lowest BCUT2D eigenvalue weighted by molar-refractivity contribution is -0.392. The quantitative estimate of drug-likeness (QED) is 0.180. The Labute approximate surface area is 264 Å². The molecule has 1 saturated heterocycles. The number of alkyl halides is 6. The number of nitrogens with zero attached hydrogens (tertiary/aromatic N) is 1. The molecule has 0 aromatic heterocycles. The van der Waals surface area contributed by atoms with E-state index in [4.69, 9.17) is 0 Å². The van der Waals surface area contributed by atoms with Crippen LogP contribution in [0, 0.1) is 29.3 Å². The van der Waals surface area contributed by atoms with Gasteiger partial charge in [0, 0.05) is 30.1 Å². The highest BCUT2D eigenvalue weighted by molar-refractivity contribution is 7.92. The third-order valence-corrected chi connectivity index (χ3v) is 11.5. The van der Waals surface area contributed by atoms with Crippen molar-refractivity contribution in [3.8, 4) is 0 Å². The van der Waals surface area contributed by atoms with E-state index < -0.39 is 73.6 Å². The van der Waals surface area contributed by atoms with Crippen LogP contribution in [-0.2, 0) is 36.3 Å². The van der Waals surface area contributed by atoms with Crippen LogP contribution in [0.15, 0.2) is 71.6 Å². The largest absolute Gasteiger partial charge is 0.430 e. The molecule has 47 heavy (non-hydrogen) atoms. The molecule has 5 nitrogen and oxygen atoms in total. The van der Waals surface area contributed by atoms with Crippen molar-refractivity contribution in [2.24, 2.45) is 11.8 Å². The SMILES string of the molecule is CC1CCN(C(=O)C2CC(c3ccc(C(OCc4c(F)cccc4F)(C(F)(F)F)C(F)(F)F)cc3)(S(=O)(=O)c3ccc(F)cc3)C2)C1. The summed E-state index contributed by atoms with van der Waals surface area (Å²) < 4.78 is 159. The molecule has 1 amide bonds. The molecular formula is C32H28F9NO4S. The Kier molecular flexibility index (Phi) is 8.97. The van der Waals surface area contributed by atoms with Crippen LogP contribution >= 0.6 is 0 Å². The summed E-state index contributed by atoms with van der Waals surface area (Å²) in [4.78, 5) is 14.4. The summed E-state index contributed by atoms with van der Waals surface area (Å²) in [7, 11) is -4.49. The van der Waals surface area contributed by atoms with Crippen molar-refractivity contribution in [1.29, 1.82) is 0 Å². The molecule has 2 fully saturated rings. The fraction of sp³-hybridized carbons (Fsp3) is 0.406. The number of hydrogen-bond donors (Lipinski definition) is 0. The lowest BCUT2D eigenvalue weighted by Gasteiger charge is -2.47. The number of hydrogen-bond acceptors (Lipinski definition) is 4. The van der Waals surface area contributed by atoms with Crippen LogP contribution in [-0.4, -0.2) is 44.7 Å². The van der Waals surface area contributed by atoms with Gasteiger partial charge in [-0.05, 0) is 67.1 Å². The first-order chi connectivity index (χ1) is 21.8. The zero-order chi connectivity index (χ0) is 34.6. The Morgan fingerprint density at radius 1 is 0.872 bits per heavy atom. The number of likely N-dealkylation sites (tertiary alicyclic amines) is 1. The van der Waals surface area contributed by atoms with E-state index in [0.29, 0.717) is 37.4 Å². The summed E-state index contributed by atoms with van der Waals surface area (Å²) in [5.74, 6) is -4.51. The highest BCUT2D eigenvalue weighted by Crippen LogP contribution is 2.57. The van der Waals surface area contributed by atoms with Crippen molar-refractivity contribution in [3.05, 3.63) is 101 Å². The third kappa shape index (κ3) is 5.89. The molecule has 1 aliphatic carbocycles. The van der Waals surface area contributed by atoms with Crippen molar-refractivity contribution in [2.45, 2.75) is 60.4 Å². The zero-order valence-corrected chi connectivity index (χ0v) is 25.5. The monoisotopic (exact) mass is 693 g/mol. The molecule has 0 bridgehead atoms. The van der Waals surface area contributed by atoms with Crippen LogP contribution in [0.1, 0.15) is 42.9 Å². The molecule has 1 atom stereocenters. The van der Waals surface area contributed by atoms with Crippen molar-refractivity contribution >= 4 is 15.7 Å². The van der Waals surface area contributed by atoms with Gasteiger partial charge in [-0.15, -0.1) is 0 Å². The Bertz CT molecular complexity index is 1700. The van der Waals surface area contributed by atoms with Gasteiger partial charge in [0.25, 0.3) is 5.60 Å². The number of amides is 1. The highest BCUT2D eigenvalue weighted by Gasteiger charge is 2.73. The number of halogens is 9. The van der Waals surface area contributed by atoms with Crippen molar-refractivity contribution in [3.63, 3.8) is 0 Å². The number of carbonyl (C=O) groups excluding carboxylic acids is 1. The van der Waals surface area contributed by atoms with Gasteiger partial charge in [-0.25, -0.2) is 21.6 Å². The van der Waals surface area contributed by atoms with E-state index in [1.807, 2.05) is 6.92 Å². The maximum absolute atomic E-state index is 14.4. The van der Waals surface area contributed by atoms with Crippen LogP contribution in [0.25, 0.3) is 0 Å². The minimum absolute atomic E-state index is 0.206. The van der Waals surface area contributed by atoms with Crippen LogP contribution in [0.4, 0.5) is 39.5 Å². The number of sulfone groups is 1. The average Bonchev–Trinajstić information content (AvgIpc) is 3.39. The number of rotatable bonds is 8. The van der Waals surface area contributed by atoms with Crippen molar-refractivity contribution < 1.29 is 57.5 Å². The maximum Gasteiger partial charge on any atom is 0.430 e. The van der Waals surface area contributed by atoms with E-state index in [2.05, 4.69) is 4.74 Å². The molecule has 3 aromatic rings. The second-order valence-corrected chi connectivity index (χ2v) is 14.2. The second-order valence-electron chi connectivity index (χ2n) is 12.0. The van der Waals surface area contributed by atoms with E-state index in [0.717, 1.165) is 48.9 Å². The lowest BCUT2D eigenvalue weighted by Crippen LogP contribution is -2.56. The minimum atomic E-state index is -6.20.